The Kier molecular flexibility index (Phi) is 5.99. The van der Waals surface area contributed by atoms with E-state index in [1.165, 1.54) is 17.1 Å². The van der Waals surface area contributed by atoms with E-state index in [1.54, 1.807) is 51.1 Å². The second kappa shape index (κ2) is 7.65. The van der Waals surface area contributed by atoms with Crippen molar-refractivity contribution in [1.29, 1.82) is 0 Å². The second-order valence-corrected chi connectivity index (χ2v) is 7.66. The quantitative estimate of drug-likeness (QED) is 0.703. The molecule has 2 rings (SSSR count). The summed E-state index contributed by atoms with van der Waals surface area (Å²) in [6.07, 6.45) is 0. The van der Waals surface area contributed by atoms with Crippen molar-refractivity contribution in [3.05, 3.63) is 68.7 Å². The summed E-state index contributed by atoms with van der Waals surface area (Å²) in [6, 6.07) is 11.0. The van der Waals surface area contributed by atoms with Gasteiger partial charge in [0.25, 0.3) is 11.8 Å². The molecular weight excluding hydrogens is 383 g/mol. The lowest BCUT2D eigenvalue weighted by atomic mass is 10.1. The topological polar surface area (TPSA) is 49.4 Å². The maximum Gasteiger partial charge on any atom is 0.274 e. The summed E-state index contributed by atoms with van der Waals surface area (Å²) in [7, 11) is 0. The zero-order valence-electron chi connectivity index (χ0n) is 13.9. The van der Waals surface area contributed by atoms with Crippen molar-refractivity contribution in [1.82, 2.24) is 10.4 Å². The van der Waals surface area contributed by atoms with Crippen LogP contribution >= 0.6 is 34.8 Å². The molecule has 0 radical (unpaired) electrons. The molecule has 0 aliphatic rings. The Hall–Kier alpha value is -1.75. The molecule has 0 aromatic heterocycles. The van der Waals surface area contributed by atoms with E-state index in [1.807, 2.05) is 0 Å². The van der Waals surface area contributed by atoms with Gasteiger partial charge >= 0.3 is 0 Å². The van der Waals surface area contributed by atoms with Crippen molar-refractivity contribution < 1.29 is 9.59 Å². The maximum atomic E-state index is 12.9. The zero-order chi connectivity index (χ0) is 18.8. The van der Waals surface area contributed by atoms with Crippen molar-refractivity contribution >= 4 is 46.6 Å². The van der Waals surface area contributed by atoms with E-state index < -0.39 is 17.4 Å². The van der Waals surface area contributed by atoms with E-state index in [0.29, 0.717) is 15.6 Å². The molecular formula is C18H17Cl3N2O2. The van der Waals surface area contributed by atoms with Gasteiger partial charge in [0.05, 0.1) is 16.1 Å². The first-order valence-electron chi connectivity index (χ1n) is 7.46. The van der Waals surface area contributed by atoms with Crippen LogP contribution in [0.2, 0.25) is 15.1 Å². The first-order valence-corrected chi connectivity index (χ1v) is 8.59. The van der Waals surface area contributed by atoms with Crippen molar-refractivity contribution in [3.63, 3.8) is 0 Å². The van der Waals surface area contributed by atoms with Gasteiger partial charge in [-0.15, -0.1) is 0 Å². The van der Waals surface area contributed by atoms with Crippen LogP contribution in [0.15, 0.2) is 42.5 Å². The van der Waals surface area contributed by atoms with Gasteiger partial charge < -0.3 is 0 Å². The Labute approximate surface area is 161 Å². The molecule has 2 amide bonds. The van der Waals surface area contributed by atoms with Crippen molar-refractivity contribution in [2.45, 2.75) is 26.3 Å². The van der Waals surface area contributed by atoms with Gasteiger partial charge in [0.1, 0.15) is 0 Å². The number of amides is 2. The molecule has 0 saturated heterocycles. The molecule has 0 spiro atoms. The Morgan fingerprint density at radius 3 is 2.00 bits per heavy atom. The molecule has 0 aliphatic carbocycles. The summed E-state index contributed by atoms with van der Waals surface area (Å²) in [5.74, 6) is -0.860. The Morgan fingerprint density at radius 1 is 0.920 bits per heavy atom. The summed E-state index contributed by atoms with van der Waals surface area (Å²) >= 11 is 17.8. The van der Waals surface area contributed by atoms with Crippen LogP contribution in [0.3, 0.4) is 0 Å². The van der Waals surface area contributed by atoms with Gasteiger partial charge in [-0.25, -0.2) is 5.01 Å². The fourth-order valence-electron chi connectivity index (χ4n) is 2.07. The average molecular weight is 400 g/mol. The van der Waals surface area contributed by atoms with Crippen LogP contribution in [-0.2, 0) is 0 Å². The Bertz CT molecular complexity index is 799. The molecule has 132 valence electrons. The number of hydrazine groups is 1. The average Bonchev–Trinajstić information content (AvgIpc) is 2.51. The van der Waals surface area contributed by atoms with E-state index in [-0.39, 0.29) is 10.6 Å². The first kappa shape index (κ1) is 19.6. The number of hydrogen-bond acceptors (Lipinski definition) is 2. The third-order valence-corrected chi connectivity index (χ3v) is 4.15. The van der Waals surface area contributed by atoms with Gasteiger partial charge in [-0.3, -0.25) is 15.0 Å². The Morgan fingerprint density at radius 2 is 1.48 bits per heavy atom. The number of carbonyl (C=O) groups is 2. The molecule has 0 unspecified atom stereocenters. The van der Waals surface area contributed by atoms with E-state index in [4.69, 9.17) is 34.8 Å². The van der Waals surface area contributed by atoms with Crippen LogP contribution in [0.25, 0.3) is 0 Å². The monoisotopic (exact) mass is 398 g/mol. The molecule has 0 heterocycles. The van der Waals surface area contributed by atoms with Crippen LogP contribution in [0.4, 0.5) is 0 Å². The highest BCUT2D eigenvalue weighted by Crippen LogP contribution is 2.24. The zero-order valence-corrected chi connectivity index (χ0v) is 16.2. The lowest BCUT2D eigenvalue weighted by molar-refractivity contribution is 0.0359. The van der Waals surface area contributed by atoms with Gasteiger partial charge in [0.15, 0.2) is 0 Å². The minimum absolute atomic E-state index is 0.215. The molecule has 0 aliphatic heterocycles. The highest BCUT2D eigenvalue weighted by Gasteiger charge is 2.30. The fraction of sp³-hybridized carbons (Fsp3) is 0.222. The summed E-state index contributed by atoms with van der Waals surface area (Å²) in [5, 5.41) is 2.41. The fourth-order valence-corrected chi connectivity index (χ4v) is 2.69. The van der Waals surface area contributed by atoms with Gasteiger partial charge in [-0.2, -0.15) is 0 Å². The molecule has 7 heteroatoms. The summed E-state index contributed by atoms with van der Waals surface area (Å²) in [5.41, 5.74) is 2.60. The first-order chi connectivity index (χ1) is 11.6. The standard InChI is InChI=1S/C18H17Cl3N2O2/c1-18(2,3)23(17(25)14-9-8-13(20)10-15(14)21)22-16(24)11-4-6-12(19)7-5-11/h4-10H,1-3H3,(H,22,24). The van der Waals surface area contributed by atoms with E-state index in [9.17, 15) is 9.59 Å². The van der Waals surface area contributed by atoms with E-state index in [0.717, 1.165) is 0 Å². The van der Waals surface area contributed by atoms with Gasteiger partial charge in [-0.05, 0) is 63.2 Å². The van der Waals surface area contributed by atoms with Crippen LogP contribution < -0.4 is 5.43 Å². The molecule has 0 atom stereocenters. The van der Waals surface area contributed by atoms with Gasteiger partial charge in [-0.1, -0.05) is 34.8 Å². The molecule has 25 heavy (non-hydrogen) atoms. The van der Waals surface area contributed by atoms with E-state index >= 15 is 0 Å². The van der Waals surface area contributed by atoms with Crippen LogP contribution in [0.1, 0.15) is 41.5 Å². The van der Waals surface area contributed by atoms with Crippen LogP contribution in [-0.4, -0.2) is 22.4 Å². The number of nitrogens with one attached hydrogen (secondary N) is 1. The third-order valence-electron chi connectivity index (χ3n) is 3.36. The minimum Gasteiger partial charge on any atom is -0.267 e. The largest absolute Gasteiger partial charge is 0.274 e. The summed E-state index contributed by atoms with van der Waals surface area (Å²) < 4.78 is 0. The predicted molar refractivity (Wildman–Crippen MR) is 101 cm³/mol. The SMILES string of the molecule is CC(C)(C)N(NC(=O)c1ccc(Cl)cc1)C(=O)c1ccc(Cl)cc1Cl. The molecule has 0 saturated carbocycles. The van der Waals surface area contributed by atoms with Crippen molar-refractivity contribution in [2.75, 3.05) is 0 Å². The maximum absolute atomic E-state index is 12.9. The smallest absolute Gasteiger partial charge is 0.267 e. The predicted octanol–water partition coefficient (Wildman–Crippen LogP) is 5.23. The second-order valence-electron chi connectivity index (χ2n) is 6.38. The molecule has 0 fully saturated rings. The summed E-state index contributed by atoms with van der Waals surface area (Å²) in [4.78, 5) is 25.4. The number of benzene rings is 2. The molecule has 0 bridgehead atoms. The number of hydrogen-bond donors (Lipinski definition) is 1. The lowest BCUT2D eigenvalue weighted by Crippen LogP contribution is -2.55. The van der Waals surface area contributed by atoms with Crippen LogP contribution in [0.5, 0.6) is 0 Å². The van der Waals surface area contributed by atoms with E-state index in [2.05, 4.69) is 5.43 Å². The van der Waals surface area contributed by atoms with Crippen molar-refractivity contribution in [3.8, 4) is 0 Å². The van der Waals surface area contributed by atoms with Crippen molar-refractivity contribution in [2.24, 2.45) is 0 Å². The normalized spacial score (nSPS) is 11.1. The van der Waals surface area contributed by atoms with Gasteiger partial charge in [0.2, 0.25) is 0 Å². The molecule has 4 nitrogen and oxygen atoms in total. The molecule has 2 aromatic rings. The molecule has 1 N–H and O–H groups in total. The number of carbonyl (C=O) groups excluding carboxylic acids is 2. The van der Waals surface area contributed by atoms with Crippen LogP contribution in [0, 0.1) is 0 Å². The highest BCUT2D eigenvalue weighted by molar-refractivity contribution is 6.36. The number of rotatable bonds is 2. The minimum atomic E-state index is -0.678. The highest BCUT2D eigenvalue weighted by atomic mass is 35.5. The van der Waals surface area contributed by atoms with Gasteiger partial charge in [0, 0.05) is 15.6 Å². The third kappa shape index (κ3) is 4.88. The lowest BCUT2D eigenvalue weighted by Gasteiger charge is -2.35. The Balaban J connectivity index is 2.31. The summed E-state index contributed by atoms with van der Waals surface area (Å²) in [6.45, 7) is 5.41. The molecule has 2 aromatic carbocycles. The number of nitrogens with zero attached hydrogens (tertiary/aromatic N) is 1. The number of halogens is 3.